The Bertz CT molecular complexity index is 567. The fraction of sp³-hybridized carbons (Fsp3) is 0.611. The third kappa shape index (κ3) is 5.72. The molecule has 8 heteroatoms. The highest BCUT2D eigenvalue weighted by atomic mass is 35.5. The van der Waals surface area contributed by atoms with E-state index in [1.165, 1.54) is 0 Å². The lowest BCUT2D eigenvalue weighted by Gasteiger charge is -2.39. The lowest BCUT2D eigenvalue weighted by molar-refractivity contribution is -0.136. The summed E-state index contributed by atoms with van der Waals surface area (Å²) in [5, 5.41) is 4.13. The Hall–Kier alpha value is -0.560. The normalized spacial score (nSPS) is 21.6. The maximum atomic E-state index is 12.9. The number of halogens is 3. The Morgan fingerprint density at radius 2 is 1.77 bits per heavy atom. The summed E-state index contributed by atoms with van der Waals surface area (Å²) in [7, 11) is 0. The highest BCUT2D eigenvalue weighted by Crippen LogP contribution is 2.28. The summed E-state index contributed by atoms with van der Waals surface area (Å²) >= 11 is 6.37. The second-order valence-corrected chi connectivity index (χ2v) is 6.95. The second kappa shape index (κ2) is 11.3. The minimum atomic E-state index is 0. The molecule has 1 amide bonds. The summed E-state index contributed by atoms with van der Waals surface area (Å²) in [6.07, 6.45) is 0. The quantitative estimate of drug-likeness (QED) is 0.806. The van der Waals surface area contributed by atoms with Gasteiger partial charge in [-0.2, -0.15) is 0 Å². The Balaban J connectivity index is 0.00000169. The summed E-state index contributed by atoms with van der Waals surface area (Å²) in [6.45, 7) is 10.2. The van der Waals surface area contributed by atoms with Crippen LogP contribution in [0.15, 0.2) is 24.3 Å². The average molecular weight is 424 g/mol. The molecule has 2 aliphatic rings. The van der Waals surface area contributed by atoms with E-state index < -0.39 is 0 Å². The van der Waals surface area contributed by atoms with Crippen LogP contribution in [-0.2, 0) is 4.79 Å². The topological polar surface area (TPSA) is 38.8 Å². The number of piperazine rings is 2. The first-order valence-electron chi connectivity index (χ1n) is 8.88. The standard InChI is InChI=1S/C18H27ClN4O.2ClH/c1-2-21-9-11-22(12-10-21)14-18(24)23-8-7-20-13-17(23)15-5-3-4-6-16(15)19;;/h3-6,17,20H,2,7-14H2,1H3;2*1H. The number of hydrogen-bond acceptors (Lipinski definition) is 4. The van der Waals surface area contributed by atoms with Crippen molar-refractivity contribution in [2.75, 3.05) is 58.9 Å². The van der Waals surface area contributed by atoms with Gasteiger partial charge in [-0.15, -0.1) is 24.8 Å². The molecule has 1 aromatic carbocycles. The maximum Gasteiger partial charge on any atom is 0.237 e. The Morgan fingerprint density at radius 3 is 2.42 bits per heavy atom. The number of carbonyl (C=O) groups is 1. The monoisotopic (exact) mass is 422 g/mol. The van der Waals surface area contributed by atoms with Crippen LogP contribution in [0.2, 0.25) is 5.02 Å². The van der Waals surface area contributed by atoms with Crippen LogP contribution in [0.5, 0.6) is 0 Å². The fourth-order valence-electron chi connectivity index (χ4n) is 3.57. The van der Waals surface area contributed by atoms with Gasteiger partial charge in [0.25, 0.3) is 0 Å². The molecular weight excluding hydrogens is 395 g/mol. The number of amides is 1. The van der Waals surface area contributed by atoms with Crippen LogP contribution >= 0.6 is 36.4 Å². The lowest BCUT2D eigenvalue weighted by atomic mass is 10.0. The number of nitrogens with one attached hydrogen (secondary N) is 1. The first kappa shape index (κ1) is 23.5. The van der Waals surface area contributed by atoms with E-state index in [1.54, 1.807) is 0 Å². The van der Waals surface area contributed by atoms with Gasteiger partial charge in [0.05, 0.1) is 12.6 Å². The summed E-state index contributed by atoms with van der Waals surface area (Å²) in [5.74, 6) is 0.214. The lowest BCUT2D eigenvalue weighted by Crippen LogP contribution is -2.54. The summed E-state index contributed by atoms with van der Waals surface area (Å²) in [6, 6.07) is 7.87. The van der Waals surface area contributed by atoms with Crippen LogP contribution in [0.4, 0.5) is 0 Å². The second-order valence-electron chi connectivity index (χ2n) is 6.54. The van der Waals surface area contributed by atoms with E-state index in [4.69, 9.17) is 11.6 Å². The van der Waals surface area contributed by atoms with E-state index >= 15 is 0 Å². The van der Waals surface area contributed by atoms with E-state index in [2.05, 4.69) is 22.0 Å². The maximum absolute atomic E-state index is 12.9. The molecule has 1 N–H and O–H groups in total. The Kier molecular flexibility index (Phi) is 10.2. The van der Waals surface area contributed by atoms with Crippen molar-refractivity contribution in [2.24, 2.45) is 0 Å². The number of nitrogens with zero attached hydrogens (tertiary/aromatic N) is 3. The molecule has 0 radical (unpaired) electrons. The third-order valence-electron chi connectivity index (χ3n) is 5.10. The van der Waals surface area contributed by atoms with Crippen LogP contribution in [0, 0.1) is 0 Å². The van der Waals surface area contributed by atoms with Crippen LogP contribution in [-0.4, -0.2) is 79.5 Å². The van der Waals surface area contributed by atoms with E-state index in [9.17, 15) is 4.79 Å². The van der Waals surface area contributed by atoms with Gasteiger partial charge in [-0.05, 0) is 18.2 Å². The van der Waals surface area contributed by atoms with Crippen LogP contribution < -0.4 is 5.32 Å². The number of hydrogen-bond donors (Lipinski definition) is 1. The van der Waals surface area contributed by atoms with Gasteiger partial charge in [0, 0.05) is 50.8 Å². The van der Waals surface area contributed by atoms with Crippen LogP contribution in [0.25, 0.3) is 0 Å². The molecule has 0 aliphatic carbocycles. The van der Waals surface area contributed by atoms with Crippen molar-refractivity contribution in [2.45, 2.75) is 13.0 Å². The molecule has 148 valence electrons. The molecule has 5 nitrogen and oxygen atoms in total. The van der Waals surface area contributed by atoms with Gasteiger partial charge in [0.15, 0.2) is 0 Å². The average Bonchev–Trinajstić information content (AvgIpc) is 2.63. The number of rotatable bonds is 4. The minimum absolute atomic E-state index is 0. The van der Waals surface area contributed by atoms with Crippen LogP contribution in [0.1, 0.15) is 18.5 Å². The zero-order chi connectivity index (χ0) is 16.9. The predicted octanol–water partition coefficient (Wildman–Crippen LogP) is 2.29. The molecule has 0 aromatic heterocycles. The smallest absolute Gasteiger partial charge is 0.237 e. The summed E-state index contributed by atoms with van der Waals surface area (Å²) in [4.78, 5) is 19.6. The zero-order valence-corrected chi connectivity index (χ0v) is 17.6. The zero-order valence-electron chi connectivity index (χ0n) is 15.2. The molecule has 0 bridgehead atoms. The Labute approximate surface area is 173 Å². The predicted molar refractivity (Wildman–Crippen MR) is 112 cm³/mol. The molecule has 0 spiro atoms. The highest BCUT2D eigenvalue weighted by Gasteiger charge is 2.30. The first-order valence-corrected chi connectivity index (χ1v) is 9.26. The molecule has 26 heavy (non-hydrogen) atoms. The minimum Gasteiger partial charge on any atom is -0.332 e. The van der Waals surface area contributed by atoms with Crippen molar-refractivity contribution in [1.29, 1.82) is 0 Å². The van der Waals surface area contributed by atoms with Crippen molar-refractivity contribution in [3.8, 4) is 0 Å². The first-order chi connectivity index (χ1) is 11.7. The highest BCUT2D eigenvalue weighted by molar-refractivity contribution is 6.31. The van der Waals surface area contributed by atoms with Gasteiger partial charge in [-0.1, -0.05) is 36.7 Å². The van der Waals surface area contributed by atoms with E-state index in [-0.39, 0.29) is 36.8 Å². The van der Waals surface area contributed by atoms with Gasteiger partial charge in [-0.3, -0.25) is 9.69 Å². The third-order valence-corrected chi connectivity index (χ3v) is 5.44. The molecule has 3 rings (SSSR count). The van der Waals surface area contributed by atoms with Crippen molar-refractivity contribution < 1.29 is 4.79 Å². The van der Waals surface area contributed by atoms with Gasteiger partial charge in [0.1, 0.15) is 0 Å². The van der Waals surface area contributed by atoms with Gasteiger partial charge >= 0.3 is 0 Å². The number of likely N-dealkylation sites (N-methyl/N-ethyl adjacent to an activating group) is 1. The fourth-order valence-corrected chi connectivity index (χ4v) is 3.83. The molecule has 1 unspecified atom stereocenters. The van der Waals surface area contributed by atoms with Crippen LogP contribution in [0.3, 0.4) is 0 Å². The van der Waals surface area contributed by atoms with Gasteiger partial charge < -0.3 is 15.1 Å². The molecule has 1 aromatic rings. The summed E-state index contributed by atoms with van der Waals surface area (Å²) in [5.41, 5.74) is 1.04. The van der Waals surface area contributed by atoms with Gasteiger partial charge in [0.2, 0.25) is 5.91 Å². The van der Waals surface area contributed by atoms with Gasteiger partial charge in [-0.25, -0.2) is 0 Å². The molecule has 2 fully saturated rings. The van der Waals surface area contributed by atoms with E-state index in [1.807, 2.05) is 29.2 Å². The van der Waals surface area contributed by atoms with E-state index in [0.29, 0.717) is 6.54 Å². The van der Waals surface area contributed by atoms with Crippen molar-refractivity contribution in [3.05, 3.63) is 34.9 Å². The largest absolute Gasteiger partial charge is 0.332 e. The number of benzene rings is 1. The van der Waals surface area contributed by atoms with Crippen molar-refractivity contribution in [1.82, 2.24) is 20.0 Å². The summed E-state index contributed by atoms with van der Waals surface area (Å²) < 4.78 is 0. The molecule has 2 saturated heterocycles. The Morgan fingerprint density at radius 1 is 1.12 bits per heavy atom. The van der Waals surface area contributed by atoms with Crippen molar-refractivity contribution >= 4 is 42.3 Å². The van der Waals surface area contributed by atoms with Crippen molar-refractivity contribution in [3.63, 3.8) is 0 Å². The molecular formula is C18H29Cl3N4O. The van der Waals surface area contributed by atoms with E-state index in [0.717, 1.165) is 62.9 Å². The molecule has 2 heterocycles. The number of carbonyl (C=O) groups excluding carboxylic acids is 1. The molecule has 1 atom stereocenters. The molecule has 2 aliphatic heterocycles. The SMILES string of the molecule is CCN1CCN(CC(=O)N2CCNCC2c2ccccc2Cl)CC1.Cl.Cl. The molecule has 0 saturated carbocycles.